The van der Waals surface area contributed by atoms with Gasteiger partial charge in [-0.25, -0.2) is 9.78 Å². The molecule has 2 aromatic heterocycles. The molecule has 1 fully saturated rings. The van der Waals surface area contributed by atoms with Crippen molar-refractivity contribution in [1.29, 1.82) is 0 Å². The Bertz CT molecular complexity index is 1200. The van der Waals surface area contributed by atoms with E-state index in [9.17, 15) is 4.79 Å². The largest absolute Gasteiger partial charge is 0.417 e. The Morgan fingerprint density at radius 2 is 1.93 bits per heavy atom. The van der Waals surface area contributed by atoms with E-state index in [1.54, 1.807) is 11.3 Å². The Balaban J connectivity index is 1.18. The summed E-state index contributed by atoms with van der Waals surface area (Å²) in [6, 6.07) is 17.0. The minimum atomic E-state index is -0.386. The number of aromatic nitrogens is 2. The molecule has 154 valence electrons. The number of aryl methyl sites for hydroxylation is 1. The molecule has 4 aromatic rings. The van der Waals surface area contributed by atoms with Gasteiger partial charge in [-0.05, 0) is 56.2 Å². The Morgan fingerprint density at radius 1 is 1.13 bits per heavy atom. The Labute approximate surface area is 179 Å². The molecule has 2 N–H and O–H groups in total. The molecule has 2 heterocycles. The van der Waals surface area contributed by atoms with Gasteiger partial charge in [-0.1, -0.05) is 36.4 Å². The predicted octanol–water partition coefficient (Wildman–Crippen LogP) is 5.37. The topological polar surface area (TPSA) is 70.9 Å². The molecule has 30 heavy (non-hydrogen) atoms. The number of oxazole rings is 1. The van der Waals surface area contributed by atoms with E-state index in [0.29, 0.717) is 17.5 Å². The van der Waals surface area contributed by atoms with Gasteiger partial charge in [0.15, 0.2) is 5.58 Å². The van der Waals surface area contributed by atoms with Crippen molar-refractivity contribution in [2.24, 2.45) is 0 Å². The zero-order valence-electron chi connectivity index (χ0n) is 17.0. The number of nitrogens with zero attached hydrogens (tertiary/aromatic N) is 1. The summed E-state index contributed by atoms with van der Waals surface area (Å²) in [5, 5.41) is 4.83. The summed E-state index contributed by atoms with van der Waals surface area (Å²) in [4.78, 5) is 20.3. The second-order valence-electron chi connectivity index (χ2n) is 8.09. The van der Waals surface area contributed by atoms with Crippen LogP contribution in [0.2, 0.25) is 0 Å². The normalized spacial score (nSPS) is 19.4. The van der Waals surface area contributed by atoms with Gasteiger partial charge in [-0.2, -0.15) is 0 Å². The van der Waals surface area contributed by atoms with Gasteiger partial charge < -0.3 is 9.73 Å². The lowest BCUT2D eigenvalue weighted by Crippen LogP contribution is -2.32. The number of thiazole rings is 1. The van der Waals surface area contributed by atoms with Crippen molar-refractivity contribution in [2.75, 3.05) is 0 Å². The Hall–Kier alpha value is -2.70. The molecule has 0 unspecified atom stereocenters. The fraction of sp³-hybridized carbons (Fsp3) is 0.333. The van der Waals surface area contributed by atoms with Crippen molar-refractivity contribution in [3.8, 4) is 10.6 Å². The maximum atomic E-state index is 11.4. The highest BCUT2D eigenvalue weighted by molar-refractivity contribution is 7.15. The van der Waals surface area contributed by atoms with Crippen LogP contribution in [0, 0.1) is 6.92 Å². The number of fused-ring (bicyclic) bond motifs is 1. The van der Waals surface area contributed by atoms with E-state index in [2.05, 4.69) is 47.6 Å². The Morgan fingerprint density at radius 3 is 2.73 bits per heavy atom. The zero-order chi connectivity index (χ0) is 20.5. The van der Waals surface area contributed by atoms with Crippen molar-refractivity contribution >= 4 is 22.4 Å². The highest BCUT2D eigenvalue weighted by Gasteiger charge is 2.23. The fourth-order valence-corrected chi connectivity index (χ4v) is 5.32. The zero-order valence-corrected chi connectivity index (χ0v) is 17.8. The molecule has 0 aliphatic heterocycles. The highest BCUT2D eigenvalue weighted by atomic mass is 32.1. The van der Waals surface area contributed by atoms with Crippen LogP contribution >= 0.6 is 11.3 Å². The first-order valence-electron chi connectivity index (χ1n) is 10.5. The molecule has 5 rings (SSSR count). The van der Waals surface area contributed by atoms with E-state index >= 15 is 0 Å². The van der Waals surface area contributed by atoms with Gasteiger partial charge in [0.25, 0.3) is 0 Å². The number of rotatable bonds is 5. The third-order valence-electron chi connectivity index (χ3n) is 6.12. The lowest BCUT2D eigenvalue weighted by molar-refractivity contribution is 0.340. The standard InChI is InChI=1S/C24H25N3O2S/c1-15-21(26-23(30-15)17-5-3-2-4-6-17)14-25-19-10-7-16(8-11-19)18-9-12-20-22(13-18)29-24(28)27-20/h2-6,9,12-13,16,19,25H,7-8,10-11,14H2,1H3,(H,27,28). The molecule has 0 atom stereocenters. The van der Waals surface area contributed by atoms with Crippen LogP contribution in [0.5, 0.6) is 0 Å². The summed E-state index contributed by atoms with van der Waals surface area (Å²) < 4.78 is 5.22. The van der Waals surface area contributed by atoms with E-state index in [0.717, 1.165) is 48.4 Å². The van der Waals surface area contributed by atoms with E-state index in [-0.39, 0.29) is 5.76 Å². The molecule has 0 saturated heterocycles. The molecule has 0 amide bonds. The minimum Gasteiger partial charge on any atom is -0.408 e. The van der Waals surface area contributed by atoms with E-state index < -0.39 is 0 Å². The lowest BCUT2D eigenvalue weighted by atomic mass is 9.81. The average Bonchev–Trinajstić information content (AvgIpc) is 3.34. The summed E-state index contributed by atoms with van der Waals surface area (Å²) in [5.74, 6) is 0.140. The number of aromatic amines is 1. The molecule has 6 heteroatoms. The van der Waals surface area contributed by atoms with Crippen molar-refractivity contribution in [3.05, 3.63) is 75.2 Å². The van der Waals surface area contributed by atoms with Gasteiger partial charge in [0.05, 0.1) is 11.2 Å². The minimum absolute atomic E-state index is 0.386. The molecular formula is C24H25N3O2S. The number of benzene rings is 2. The summed E-state index contributed by atoms with van der Waals surface area (Å²) in [5.41, 5.74) is 5.05. The summed E-state index contributed by atoms with van der Waals surface area (Å²) in [6.45, 7) is 2.98. The van der Waals surface area contributed by atoms with Crippen LogP contribution in [-0.2, 0) is 6.54 Å². The van der Waals surface area contributed by atoms with Gasteiger partial charge >= 0.3 is 5.76 Å². The van der Waals surface area contributed by atoms with Crippen LogP contribution in [0.4, 0.5) is 0 Å². The van der Waals surface area contributed by atoms with E-state index in [1.165, 1.54) is 16.0 Å². The first-order chi connectivity index (χ1) is 14.7. The average molecular weight is 420 g/mol. The monoisotopic (exact) mass is 419 g/mol. The third-order valence-corrected chi connectivity index (χ3v) is 7.18. The van der Waals surface area contributed by atoms with E-state index in [4.69, 9.17) is 9.40 Å². The van der Waals surface area contributed by atoms with Crippen LogP contribution in [0.3, 0.4) is 0 Å². The quantitative estimate of drug-likeness (QED) is 0.456. The second-order valence-corrected chi connectivity index (χ2v) is 9.29. The molecule has 0 spiro atoms. The van der Waals surface area contributed by atoms with Gasteiger partial charge in [0.2, 0.25) is 0 Å². The molecule has 0 bridgehead atoms. The van der Waals surface area contributed by atoms with E-state index in [1.807, 2.05) is 18.2 Å². The number of hydrogen-bond acceptors (Lipinski definition) is 5. The second kappa shape index (κ2) is 8.20. The summed E-state index contributed by atoms with van der Waals surface area (Å²) in [7, 11) is 0. The highest BCUT2D eigenvalue weighted by Crippen LogP contribution is 2.34. The first kappa shape index (κ1) is 19.3. The van der Waals surface area contributed by atoms with Crippen LogP contribution < -0.4 is 11.1 Å². The summed E-state index contributed by atoms with van der Waals surface area (Å²) >= 11 is 1.77. The van der Waals surface area contributed by atoms with Gasteiger partial charge in [-0.3, -0.25) is 4.98 Å². The van der Waals surface area contributed by atoms with Crippen LogP contribution in [-0.4, -0.2) is 16.0 Å². The molecule has 1 aliphatic rings. The lowest BCUT2D eigenvalue weighted by Gasteiger charge is -2.29. The first-order valence-corrected chi connectivity index (χ1v) is 11.4. The maximum absolute atomic E-state index is 11.4. The molecule has 2 aromatic carbocycles. The van der Waals surface area contributed by atoms with Gasteiger partial charge in [-0.15, -0.1) is 11.3 Å². The molecule has 1 aliphatic carbocycles. The fourth-order valence-electron chi connectivity index (χ4n) is 4.38. The molecule has 1 saturated carbocycles. The number of nitrogens with one attached hydrogen (secondary N) is 2. The SMILES string of the molecule is Cc1sc(-c2ccccc2)nc1CNC1CCC(c2ccc3[nH]c(=O)oc3c2)CC1. The van der Waals surface area contributed by atoms with Gasteiger partial charge in [0, 0.05) is 23.0 Å². The Kier molecular flexibility index (Phi) is 5.27. The van der Waals surface area contributed by atoms with Crippen molar-refractivity contribution in [2.45, 2.75) is 51.1 Å². The van der Waals surface area contributed by atoms with Gasteiger partial charge in [0.1, 0.15) is 5.01 Å². The van der Waals surface area contributed by atoms with Crippen molar-refractivity contribution in [3.63, 3.8) is 0 Å². The van der Waals surface area contributed by atoms with Crippen molar-refractivity contribution < 1.29 is 4.42 Å². The molecule has 0 radical (unpaired) electrons. The molecular weight excluding hydrogens is 394 g/mol. The van der Waals surface area contributed by atoms with Crippen LogP contribution in [0.15, 0.2) is 57.7 Å². The maximum Gasteiger partial charge on any atom is 0.417 e. The smallest absolute Gasteiger partial charge is 0.408 e. The van der Waals surface area contributed by atoms with Crippen LogP contribution in [0.1, 0.15) is 47.7 Å². The van der Waals surface area contributed by atoms with Crippen molar-refractivity contribution in [1.82, 2.24) is 15.3 Å². The predicted molar refractivity (Wildman–Crippen MR) is 121 cm³/mol. The number of H-pyrrole nitrogens is 1. The third kappa shape index (κ3) is 3.98. The van der Waals surface area contributed by atoms with Crippen LogP contribution in [0.25, 0.3) is 21.7 Å². The molecule has 5 nitrogen and oxygen atoms in total. The summed E-state index contributed by atoms with van der Waals surface area (Å²) in [6.07, 6.45) is 4.58. The number of hydrogen-bond donors (Lipinski definition) is 2.